The molecule has 112 valence electrons. The predicted molar refractivity (Wildman–Crippen MR) is 79.2 cm³/mol. The van der Waals surface area contributed by atoms with E-state index in [2.05, 4.69) is 5.32 Å². The van der Waals surface area contributed by atoms with Crippen molar-refractivity contribution in [2.24, 2.45) is 11.7 Å². The number of hydrogen-bond acceptors (Lipinski definition) is 5. The zero-order chi connectivity index (χ0) is 15.2. The van der Waals surface area contributed by atoms with E-state index >= 15 is 0 Å². The van der Waals surface area contributed by atoms with Crippen molar-refractivity contribution in [1.82, 2.24) is 5.32 Å². The summed E-state index contributed by atoms with van der Waals surface area (Å²) >= 11 is 0. The summed E-state index contributed by atoms with van der Waals surface area (Å²) in [6.45, 7) is 2.89. The summed E-state index contributed by atoms with van der Waals surface area (Å²) in [6, 6.07) is 8.10. The van der Waals surface area contributed by atoms with Crippen LogP contribution in [0.2, 0.25) is 0 Å². The standard InChI is InChI=1S/C15H18N2O4/c1-10(7-16)8-17-14(18)9-20-12-4-2-11-3-5-15(19)21-13(11)6-12/h2-6,10H,7-9,16H2,1H3,(H,17,18). The van der Waals surface area contributed by atoms with Crippen molar-refractivity contribution in [2.75, 3.05) is 19.7 Å². The van der Waals surface area contributed by atoms with Gasteiger partial charge in [-0.3, -0.25) is 4.79 Å². The molecule has 0 aliphatic rings. The number of fused-ring (bicyclic) bond motifs is 1. The molecule has 3 N–H and O–H groups in total. The summed E-state index contributed by atoms with van der Waals surface area (Å²) in [4.78, 5) is 22.8. The molecule has 0 saturated heterocycles. The van der Waals surface area contributed by atoms with Gasteiger partial charge in [0.15, 0.2) is 6.61 Å². The number of amides is 1. The van der Waals surface area contributed by atoms with Crippen LogP contribution in [-0.4, -0.2) is 25.6 Å². The molecule has 21 heavy (non-hydrogen) atoms. The van der Waals surface area contributed by atoms with Crippen LogP contribution in [0.25, 0.3) is 11.0 Å². The topological polar surface area (TPSA) is 94.6 Å². The van der Waals surface area contributed by atoms with Crippen molar-refractivity contribution in [2.45, 2.75) is 6.92 Å². The summed E-state index contributed by atoms with van der Waals surface area (Å²) in [7, 11) is 0. The molecule has 2 rings (SSSR count). The molecule has 1 aromatic heterocycles. The van der Waals surface area contributed by atoms with E-state index in [0.29, 0.717) is 24.4 Å². The van der Waals surface area contributed by atoms with Gasteiger partial charge in [0, 0.05) is 24.1 Å². The number of benzene rings is 1. The minimum absolute atomic E-state index is 0.0974. The largest absolute Gasteiger partial charge is 0.484 e. The smallest absolute Gasteiger partial charge is 0.336 e. The van der Waals surface area contributed by atoms with E-state index < -0.39 is 5.63 Å². The second kappa shape index (κ2) is 6.90. The Morgan fingerprint density at radius 1 is 1.38 bits per heavy atom. The average molecular weight is 290 g/mol. The Labute approximate surface area is 121 Å². The zero-order valence-corrected chi connectivity index (χ0v) is 11.8. The molecule has 1 amide bonds. The summed E-state index contributed by atoms with van der Waals surface area (Å²) in [6.07, 6.45) is 0. The molecule has 0 aliphatic carbocycles. The lowest BCUT2D eigenvalue weighted by Crippen LogP contribution is -2.34. The fourth-order valence-electron chi connectivity index (χ4n) is 1.70. The van der Waals surface area contributed by atoms with Gasteiger partial charge in [-0.05, 0) is 30.7 Å². The number of ether oxygens (including phenoxy) is 1. The van der Waals surface area contributed by atoms with Crippen LogP contribution in [0.1, 0.15) is 6.92 Å². The van der Waals surface area contributed by atoms with Gasteiger partial charge >= 0.3 is 5.63 Å². The Balaban J connectivity index is 1.94. The Bertz CT molecular complexity index is 681. The molecular formula is C15H18N2O4. The highest BCUT2D eigenvalue weighted by Gasteiger charge is 2.06. The van der Waals surface area contributed by atoms with Crippen LogP contribution in [0.15, 0.2) is 39.5 Å². The minimum atomic E-state index is -0.423. The molecule has 0 aliphatic heterocycles. The number of carbonyl (C=O) groups excluding carboxylic acids is 1. The Kier molecular flexibility index (Phi) is 4.94. The lowest BCUT2D eigenvalue weighted by atomic mass is 10.2. The molecule has 1 aromatic carbocycles. The Hall–Kier alpha value is -2.34. The van der Waals surface area contributed by atoms with Crippen LogP contribution in [0.5, 0.6) is 5.75 Å². The maximum atomic E-state index is 11.6. The second-order valence-electron chi connectivity index (χ2n) is 4.89. The lowest BCUT2D eigenvalue weighted by Gasteiger charge is -2.11. The Morgan fingerprint density at radius 2 is 2.14 bits per heavy atom. The van der Waals surface area contributed by atoms with Crippen LogP contribution in [0.3, 0.4) is 0 Å². The summed E-state index contributed by atoms with van der Waals surface area (Å²) in [5.74, 6) is 0.479. The summed E-state index contributed by atoms with van der Waals surface area (Å²) < 4.78 is 10.4. The molecule has 2 aromatic rings. The highest BCUT2D eigenvalue weighted by atomic mass is 16.5. The summed E-state index contributed by atoms with van der Waals surface area (Å²) in [5, 5.41) is 3.53. The number of rotatable bonds is 6. The van der Waals surface area contributed by atoms with E-state index in [0.717, 1.165) is 5.39 Å². The minimum Gasteiger partial charge on any atom is -0.484 e. The number of hydrogen-bond donors (Lipinski definition) is 2. The van der Waals surface area contributed by atoms with Crippen LogP contribution < -0.4 is 21.4 Å². The number of nitrogens with one attached hydrogen (secondary N) is 1. The van der Waals surface area contributed by atoms with Crippen molar-refractivity contribution in [3.63, 3.8) is 0 Å². The average Bonchev–Trinajstić information content (AvgIpc) is 2.49. The molecule has 6 nitrogen and oxygen atoms in total. The molecule has 0 radical (unpaired) electrons. The van der Waals surface area contributed by atoms with Gasteiger partial charge in [-0.1, -0.05) is 6.92 Å². The monoisotopic (exact) mass is 290 g/mol. The fraction of sp³-hybridized carbons (Fsp3) is 0.333. The van der Waals surface area contributed by atoms with Gasteiger partial charge in [-0.25, -0.2) is 4.79 Å². The SMILES string of the molecule is CC(CN)CNC(=O)COc1ccc2ccc(=O)oc2c1. The van der Waals surface area contributed by atoms with E-state index in [-0.39, 0.29) is 18.4 Å². The first kappa shape index (κ1) is 15.1. The van der Waals surface area contributed by atoms with Crippen LogP contribution in [-0.2, 0) is 4.79 Å². The Morgan fingerprint density at radius 3 is 2.90 bits per heavy atom. The van der Waals surface area contributed by atoms with E-state index in [4.69, 9.17) is 14.9 Å². The fourth-order valence-corrected chi connectivity index (χ4v) is 1.70. The molecule has 1 atom stereocenters. The van der Waals surface area contributed by atoms with Gasteiger partial charge in [0.1, 0.15) is 11.3 Å². The van der Waals surface area contributed by atoms with Gasteiger partial charge in [-0.15, -0.1) is 0 Å². The predicted octanol–water partition coefficient (Wildman–Crippen LogP) is 0.883. The normalized spacial score (nSPS) is 12.1. The first-order chi connectivity index (χ1) is 10.1. The molecule has 0 bridgehead atoms. The highest BCUT2D eigenvalue weighted by molar-refractivity contribution is 5.79. The van der Waals surface area contributed by atoms with E-state index in [1.165, 1.54) is 6.07 Å². The van der Waals surface area contributed by atoms with E-state index in [9.17, 15) is 9.59 Å². The number of nitrogens with two attached hydrogens (primary N) is 1. The van der Waals surface area contributed by atoms with Crippen LogP contribution >= 0.6 is 0 Å². The van der Waals surface area contributed by atoms with Crippen molar-refractivity contribution >= 4 is 16.9 Å². The van der Waals surface area contributed by atoms with Gasteiger partial charge in [0.25, 0.3) is 5.91 Å². The maximum absolute atomic E-state index is 11.6. The van der Waals surface area contributed by atoms with Crippen molar-refractivity contribution < 1.29 is 13.9 Å². The van der Waals surface area contributed by atoms with E-state index in [1.54, 1.807) is 24.3 Å². The van der Waals surface area contributed by atoms with Crippen molar-refractivity contribution in [3.8, 4) is 5.75 Å². The lowest BCUT2D eigenvalue weighted by molar-refractivity contribution is -0.123. The molecule has 6 heteroatoms. The first-order valence-corrected chi connectivity index (χ1v) is 6.72. The number of carbonyl (C=O) groups is 1. The van der Waals surface area contributed by atoms with Crippen LogP contribution in [0.4, 0.5) is 0 Å². The van der Waals surface area contributed by atoms with Gasteiger partial charge in [-0.2, -0.15) is 0 Å². The highest BCUT2D eigenvalue weighted by Crippen LogP contribution is 2.19. The van der Waals surface area contributed by atoms with Gasteiger partial charge in [0.05, 0.1) is 0 Å². The molecule has 0 fully saturated rings. The molecule has 1 unspecified atom stereocenters. The third-order valence-electron chi connectivity index (χ3n) is 3.01. The van der Waals surface area contributed by atoms with E-state index in [1.807, 2.05) is 6.92 Å². The van der Waals surface area contributed by atoms with Gasteiger partial charge < -0.3 is 20.2 Å². The summed E-state index contributed by atoms with van der Waals surface area (Å²) in [5.41, 5.74) is 5.47. The molecular weight excluding hydrogens is 272 g/mol. The van der Waals surface area contributed by atoms with Crippen molar-refractivity contribution in [1.29, 1.82) is 0 Å². The molecule has 0 spiro atoms. The van der Waals surface area contributed by atoms with Crippen LogP contribution in [0, 0.1) is 5.92 Å². The second-order valence-corrected chi connectivity index (χ2v) is 4.89. The van der Waals surface area contributed by atoms with Gasteiger partial charge in [0.2, 0.25) is 0 Å². The third kappa shape index (κ3) is 4.32. The molecule has 0 saturated carbocycles. The van der Waals surface area contributed by atoms with Crippen molar-refractivity contribution in [3.05, 3.63) is 40.8 Å². The molecule has 1 heterocycles. The zero-order valence-electron chi connectivity index (χ0n) is 11.8. The maximum Gasteiger partial charge on any atom is 0.336 e. The first-order valence-electron chi connectivity index (χ1n) is 6.72. The third-order valence-corrected chi connectivity index (χ3v) is 3.01. The quantitative estimate of drug-likeness (QED) is 0.770.